The molecule has 0 aromatic heterocycles. The van der Waals surface area contributed by atoms with Gasteiger partial charge in [0.2, 0.25) is 0 Å². The average molecular weight is 552 g/mol. The molecule has 0 fully saturated rings. The Morgan fingerprint density at radius 3 is 2.58 bits per heavy atom. The molecule has 1 N–H and O–H groups in total. The third kappa shape index (κ3) is 7.67. The van der Waals surface area contributed by atoms with Crippen molar-refractivity contribution in [1.29, 1.82) is 0 Å². The van der Waals surface area contributed by atoms with Crippen LogP contribution in [0.5, 0.6) is 17.2 Å². The molecule has 0 radical (unpaired) electrons. The molecule has 0 saturated heterocycles. The zero-order chi connectivity index (χ0) is 23.6. The number of amides is 1. The smallest absolute Gasteiger partial charge is 0.277 e. The summed E-state index contributed by atoms with van der Waals surface area (Å²) in [6, 6.07) is 17.9. The summed E-state index contributed by atoms with van der Waals surface area (Å²) in [5.41, 5.74) is 3.93. The molecule has 0 aliphatic heterocycles. The molecule has 0 heterocycles. The van der Waals surface area contributed by atoms with Crippen molar-refractivity contribution in [3.63, 3.8) is 0 Å². The standard InChI is InChI=1S/C24H21BrCl2N2O4/c1-2-31-22-11-16(13-28-29-23(30)15-32-19-6-4-3-5-7-19)10-20(25)24(22)33-14-17-8-9-18(26)12-21(17)27/h3-13H,2,14-15H2,1H3,(H,29,30)/b28-13-. The van der Waals surface area contributed by atoms with Gasteiger partial charge >= 0.3 is 0 Å². The lowest BCUT2D eigenvalue weighted by atomic mass is 10.2. The average Bonchev–Trinajstić information content (AvgIpc) is 2.79. The fourth-order valence-corrected chi connectivity index (χ4v) is 3.77. The van der Waals surface area contributed by atoms with Gasteiger partial charge < -0.3 is 14.2 Å². The Balaban J connectivity index is 1.63. The summed E-state index contributed by atoms with van der Waals surface area (Å²) >= 11 is 15.7. The van der Waals surface area contributed by atoms with Gasteiger partial charge in [-0.3, -0.25) is 4.79 Å². The van der Waals surface area contributed by atoms with Gasteiger partial charge in [0.1, 0.15) is 12.4 Å². The highest BCUT2D eigenvalue weighted by molar-refractivity contribution is 9.10. The van der Waals surface area contributed by atoms with Crippen LogP contribution in [0.25, 0.3) is 0 Å². The predicted molar refractivity (Wildman–Crippen MR) is 134 cm³/mol. The zero-order valence-electron chi connectivity index (χ0n) is 17.7. The van der Waals surface area contributed by atoms with E-state index in [4.69, 9.17) is 37.4 Å². The number of para-hydroxylation sites is 1. The van der Waals surface area contributed by atoms with Crippen LogP contribution in [-0.4, -0.2) is 25.3 Å². The van der Waals surface area contributed by atoms with Crippen molar-refractivity contribution in [2.24, 2.45) is 5.10 Å². The van der Waals surface area contributed by atoms with E-state index in [1.165, 1.54) is 6.21 Å². The minimum atomic E-state index is -0.376. The normalized spacial score (nSPS) is 10.8. The van der Waals surface area contributed by atoms with Crippen LogP contribution in [-0.2, 0) is 11.4 Å². The highest BCUT2D eigenvalue weighted by Gasteiger charge is 2.13. The molecule has 1 amide bonds. The molecule has 0 bridgehead atoms. The molecule has 3 aromatic rings. The summed E-state index contributed by atoms with van der Waals surface area (Å²) < 4.78 is 17.8. The second kappa shape index (κ2) is 12.5. The second-order valence-electron chi connectivity index (χ2n) is 6.68. The second-order valence-corrected chi connectivity index (χ2v) is 8.38. The SMILES string of the molecule is CCOc1cc(/C=N\NC(=O)COc2ccccc2)cc(Br)c1OCc1ccc(Cl)cc1Cl. The van der Waals surface area contributed by atoms with Crippen LogP contribution in [0.1, 0.15) is 18.1 Å². The summed E-state index contributed by atoms with van der Waals surface area (Å²) in [5.74, 6) is 1.29. The van der Waals surface area contributed by atoms with Crippen LogP contribution in [0, 0.1) is 0 Å². The first-order chi connectivity index (χ1) is 16.0. The first-order valence-corrected chi connectivity index (χ1v) is 11.5. The van der Waals surface area contributed by atoms with Gasteiger partial charge in [0.25, 0.3) is 5.91 Å². The number of hydrogen-bond donors (Lipinski definition) is 1. The van der Waals surface area contributed by atoms with E-state index in [9.17, 15) is 4.79 Å². The number of hydrazone groups is 1. The topological polar surface area (TPSA) is 69.2 Å². The predicted octanol–water partition coefficient (Wildman–Crippen LogP) is 6.26. The number of nitrogens with one attached hydrogen (secondary N) is 1. The van der Waals surface area contributed by atoms with E-state index in [1.54, 1.807) is 36.4 Å². The van der Waals surface area contributed by atoms with Crippen LogP contribution < -0.4 is 19.6 Å². The van der Waals surface area contributed by atoms with Crippen molar-refractivity contribution >= 4 is 51.3 Å². The molecule has 0 atom stereocenters. The molecule has 3 rings (SSSR count). The van der Waals surface area contributed by atoms with Crippen molar-refractivity contribution in [3.05, 3.63) is 86.3 Å². The van der Waals surface area contributed by atoms with E-state index in [0.29, 0.717) is 43.9 Å². The molecule has 9 heteroatoms. The lowest BCUT2D eigenvalue weighted by Gasteiger charge is -2.15. The number of rotatable bonds is 10. The Hall–Kier alpha value is -2.74. The molecule has 172 valence electrons. The third-order valence-corrected chi connectivity index (χ3v) is 5.41. The van der Waals surface area contributed by atoms with E-state index in [1.807, 2.05) is 31.2 Å². The highest BCUT2D eigenvalue weighted by Crippen LogP contribution is 2.37. The van der Waals surface area contributed by atoms with Gasteiger partial charge in [0, 0.05) is 15.6 Å². The molecule has 0 unspecified atom stereocenters. The minimum absolute atomic E-state index is 0.144. The van der Waals surface area contributed by atoms with Gasteiger partial charge in [-0.25, -0.2) is 5.43 Å². The van der Waals surface area contributed by atoms with Crippen LogP contribution in [0.4, 0.5) is 0 Å². The van der Waals surface area contributed by atoms with E-state index < -0.39 is 0 Å². The molecule has 0 aliphatic carbocycles. The fraction of sp³-hybridized carbons (Fsp3) is 0.167. The fourth-order valence-electron chi connectivity index (χ4n) is 2.73. The van der Waals surface area contributed by atoms with Crippen molar-refractivity contribution in [2.45, 2.75) is 13.5 Å². The minimum Gasteiger partial charge on any atom is -0.490 e. The van der Waals surface area contributed by atoms with E-state index in [2.05, 4.69) is 26.5 Å². The molecule has 0 saturated carbocycles. The number of ether oxygens (including phenoxy) is 3. The van der Waals surface area contributed by atoms with Gasteiger partial charge in [-0.1, -0.05) is 47.5 Å². The van der Waals surface area contributed by atoms with E-state index in [-0.39, 0.29) is 19.1 Å². The lowest BCUT2D eigenvalue weighted by Crippen LogP contribution is -2.24. The van der Waals surface area contributed by atoms with Crippen molar-refractivity contribution in [1.82, 2.24) is 5.43 Å². The number of hydrogen-bond acceptors (Lipinski definition) is 5. The Bertz CT molecular complexity index is 1130. The molecule has 3 aromatic carbocycles. The van der Waals surface area contributed by atoms with Crippen LogP contribution in [0.2, 0.25) is 10.0 Å². The molecular weight excluding hydrogens is 531 g/mol. The lowest BCUT2D eigenvalue weighted by molar-refractivity contribution is -0.123. The Morgan fingerprint density at radius 2 is 1.85 bits per heavy atom. The van der Waals surface area contributed by atoms with Gasteiger partial charge in [-0.2, -0.15) is 5.10 Å². The number of benzene rings is 3. The monoisotopic (exact) mass is 550 g/mol. The Morgan fingerprint density at radius 1 is 1.06 bits per heavy atom. The summed E-state index contributed by atoms with van der Waals surface area (Å²) in [4.78, 5) is 11.9. The van der Waals surface area contributed by atoms with Crippen LogP contribution in [0.3, 0.4) is 0 Å². The van der Waals surface area contributed by atoms with Gasteiger partial charge in [-0.15, -0.1) is 0 Å². The summed E-state index contributed by atoms with van der Waals surface area (Å²) in [6.45, 7) is 2.41. The van der Waals surface area contributed by atoms with E-state index >= 15 is 0 Å². The molecule has 33 heavy (non-hydrogen) atoms. The molecule has 0 spiro atoms. The van der Waals surface area contributed by atoms with Crippen LogP contribution >= 0.6 is 39.1 Å². The quantitative estimate of drug-likeness (QED) is 0.238. The van der Waals surface area contributed by atoms with Gasteiger partial charge in [0.15, 0.2) is 18.1 Å². The number of nitrogens with zero attached hydrogens (tertiary/aromatic N) is 1. The van der Waals surface area contributed by atoms with Gasteiger partial charge in [-0.05, 0) is 64.8 Å². The summed E-state index contributed by atoms with van der Waals surface area (Å²) in [6.07, 6.45) is 1.51. The first-order valence-electron chi connectivity index (χ1n) is 9.99. The molecule has 0 aliphatic rings. The molecular formula is C24H21BrCl2N2O4. The Labute approximate surface area is 210 Å². The maximum atomic E-state index is 11.9. The zero-order valence-corrected chi connectivity index (χ0v) is 20.8. The summed E-state index contributed by atoms with van der Waals surface area (Å²) in [7, 11) is 0. The first kappa shape index (κ1) is 24.9. The largest absolute Gasteiger partial charge is 0.490 e. The number of carbonyl (C=O) groups excluding carboxylic acids is 1. The number of carbonyl (C=O) groups is 1. The maximum Gasteiger partial charge on any atom is 0.277 e. The maximum absolute atomic E-state index is 11.9. The van der Waals surface area contributed by atoms with Crippen LogP contribution in [0.15, 0.2) is 70.2 Å². The molecule has 6 nitrogen and oxygen atoms in total. The third-order valence-electron chi connectivity index (χ3n) is 4.23. The number of halogens is 3. The van der Waals surface area contributed by atoms with E-state index in [0.717, 1.165) is 5.56 Å². The van der Waals surface area contributed by atoms with Crippen molar-refractivity contribution in [2.75, 3.05) is 13.2 Å². The van der Waals surface area contributed by atoms with Gasteiger partial charge in [0.05, 0.1) is 17.3 Å². The summed E-state index contributed by atoms with van der Waals surface area (Å²) in [5, 5.41) is 5.07. The highest BCUT2D eigenvalue weighted by atomic mass is 79.9. The Kier molecular flexibility index (Phi) is 9.42. The van der Waals surface area contributed by atoms with Crippen molar-refractivity contribution in [3.8, 4) is 17.2 Å². The van der Waals surface area contributed by atoms with Crippen molar-refractivity contribution < 1.29 is 19.0 Å².